The van der Waals surface area contributed by atoms with E-state index < -0.39 is 10.0 Å². The first kappa shape index (κ1) is 11.7. The SMILES string of the molecule is CN(C)S(=O)(=O)c1cccc(-c2nn[nH]n2)c1. The second-order valence-electron chi connectivity index (χ2n) is 3.55. The van der Waals surface area contributed by atoms with Crippen molar-refractivity contribution in [3.63, 3.8) is 0 Å². The maximum Gasteiger partial charge on any atom is 0.242 e. The summed E-state index contributed by atoms with van der Waals surface area (Å²) in [7, 11) is -0.478. The van der Waals surface area contributed by atoms with Crippen LogP contribution < -0.4 is 0 Å². The number of sulfonamides is 1. The van der Waals surface area contributed by atoms with Gasteiger partial charge in [-0.1, -0.05) is 12.1 Å². The van der Waals surface area contributed by atoms with E-state index >= 15 is 0 Å². The minimum absolute atomic E-state index is 0.199. The Morgan fingerprint density at radius 1 is 1.29 bits per heavy atom. The van der Waals surface area contributed by atoms with Crippen LogP contribution in [0.1, 0.15) is 0 Å². The number of H-pyrrole nitrogens is 1. The van der Waals surface area contributed by atoms with E-state index in [0.717, 1.165) is 4.31 Å². The van der Waals surface area contributed by atoms with Gasteiger partial charge in [0.25, 0.3) is 0 Å². The Morgan fingerprint density at radius 3 is 2.65 bits per heavy atom. The van der Waals surface area contributed by atoms with Gasteiger partial charge in [-0.05, 0) is 17.3 Å². The normalized spacial score (nSPS) is 11.9. The lowest BCUT2D eigenvalue weighted by atomic mass is 10.2. The maximum absolute atomic E-state index is 11.9. The number of benzene rings is 1. The highest BCUT2D eigenvalue weighted by Crippen LogP contribution is 2.19. The van der Waals surface area contributed by atoms with Gasteiger partial charge in [0.2, 0.25) is 15.8 Å². The summed E-state index contributed by atoms with van der Waals surface area (Å²) in [6, 6.07) is 6.40. The van der Waals surface area contributed by atoms with Gasteiger partial charge in [-0.15, -0.1) is 10.2 Å². The van der Waals surface area contributed by atoms with Crippen LogP contribution in [0.5, 0.6) is 0 Å². The highest BCUT2D eigenvalue weighted by molar-refractivity contribution is 7.89. The molecule has 1 aromatic heterocycles. The van der Waals surface area contributed by atoms with Crippen LogP contribution in [-0.4, -0.2) is 47.4 Å². The number of hydrogen-bond acceptors (Lipinski definition) is 5. The zero-order valence-electron chi connectivity index (χ0n) is 9.32. The topological polar surface area (TPSA) is 91.8 Å². The van der Waals surface area contributed by atoms with E-state index in [-0.39, 0.29) is 4.90 Å². The van der Waals surface area contributed by atoms with Crippen molar-refractivity contribution >= 4 is 10.0 Å². The Labute approximate surface area is 98.5 Å². The molecule has 0 aliphatic carbocycles. The number of aromatic amines is 1. The molecule has 0 atom stereocenters. The smallest absolute Gasteiger partial charge is 0.207 e. The molecule has 17 heavy (non-hydrogen) atoms. The Morgan fingerprint density at radius 2 is 2.06 bits per heavy atom. The summed E-state index contributed by atoms with van der Waals surface area (Å²) in [6.45, 7) is 0. The molecule has 0 aliphatic rings. The van der Waals surface area contributed by atoms with E-state index in [0.29, 0.717) is 11.4 Å². The minimum atomic E-state index is -3.44. The molecule has 0 fully saturated rings. The van der Waals surface area contributed by atoms with E-state index in [1.54, 1.807) is 12.1 Å². The van der Waals surface area contributed by atoms with Crippen LogP contribution in [0, 0.1) is 0 Å². The Balaban J connectivity index is 2.50. The third-order valence-corrected chi connectivity index (χ3v) is 4.03. The highest BCUT2D eigenvalue weighted by Gasteiger charge is 2.18. The van der Waals surface area contributed by atoms with Crippen LogP contribution in [0.2, 0.25) is 0 Å². The largest absolute Gasteiger partial charge is 0.242 e. The number of hydrogen-bond donors (Lipinski definition) is 1. The second-order valence-corrected chi connectivity index (χ2v) is 5.70. The molecule has 1 heterocycles. The highest BCUT2D eigenvalue weighted by atomic mass is 32.2. The fraction of sp³-hybridized carbons (Fsp3) is 0.222. The van der Waals surface area contributed by atoms with Crippen LogP contribution in [0.3, 0.4) is 0 Å². The van der Waals surface area contributed by atoms with E-state index in [1.807, 2.05) is 0 Å². The van der Waals surface area contributed by atoms with Crippen molar-refractivity contribution in [3.8, 4) is 11.4 Å². The number of aromatic nitrogens is 4. The molecule has 0 radical (unpaired) electrons. The zero-order valence-corrected chi connectivity index (χ0v) is 10.1. The van der Waals surface area contributed by atoms with Crippen molar-refractivity contribution < 1.29 is 8.42 Å². The van der Waals surface area contributed by atoms with Crippen molar-refractivity contribution in [1.82, 2.24) is 24.9 Å². The molecule has 0 unspecified atom stereocenters. The summed E-state index contributed by atoms with van der Waals surface area (Å²) in [5.74, 6) is 0.362. The third kappa shape index (κ3) is 2.17. The number of rotatable bonds is 3. The summed E-state index contributed by atoms with van der Waals surface area (Å²) < 4.78 is 25.0. The molecule has 2 rings (SSSR count). The fourth-order valence-electron chi connectivity index (χ4n) is 1.29. The van der Waals surface area contributed by atoms with E-state index in [9.17, 15) is 8.42 Å². The molecule has 8 heteroatoms. The summed E-state index contributed by atoms with van der Waals surface area (Å²) >= 11 is 0. The van der Waals surface area contributed by atoms with Gasteiger partial charge >= 0.3 is 0 Å². The molecule has 0 bridgehead atoms. The van der Waals surface area contributed by atoms with Gasteiger partial charge in [0.1, 0.15) is 0 Å². The van der Waals surface area contributed by atoms with E-state index in [1.165, 1.54) is 26.2 Å². The predicted molar refractivity (Wildman–Crippen MR) is 60.5 cm³/mol. The first-order valence-corrected chi connectivity index (χ1v) is 6.22. The van der Waals surface area contributed by atoms with Crippen LogP contribution in [0.15, 0.2) is 29.2 Å². The van der Waals surface area contributed by atoms with E-state index in [2.05, 4.69) is 20.6 Å². The Hall–Kier alpha value is -1.80. The lowest BCUT2D eigenvalue weighted by molar-refractivity contribution is 0.521. The van der Waals surface area contributed by atoms with Gasteiger partial charge in [0.05, 0.1) is 4.90 Å². The van der Waals surface area contributed by atoms with Crippen LogP contribution in [-0.2, 0) is 10.0 Å². The second kappa shape index (κ2) is 4.22. The first-order chi connectivity index (χ1) is 8.01. The summed E-state index contributed by atoms with van der Waals surface area (Å²) in [5, 5.41) is 13.3. The molecule has 0 saturated heterocycles. The van der Waals surface area contributed by atoms with E-state index in [4.69, 9.17) is 0 Å². The average molecular weight is 253 g/mol. The van der Waals surface area contributed by atoms with Gasteiger partial charge in [-0.3, -0.25) is 0 Å². The van der Waals surface area contributed by atoms with Crippen LogP contribution >= 0.6 is 0 Å². The maximum atomic E-state index is 11.9. The summed E-state index contributed by atoms with van der Waals surface area (Å²) in [5.41, 5.74) is 0.599. The molecule has 0 amide bonds. The van der Waals surface area contributed by atoms with Gasteiger partial charge in [0.15, 0.2) is 0 Å². The van der Waals surface area contributed by atoms with Crippen molar-refractivity contribution in [2.45, 2.75) is 4.90 Å². The van der Waals surface area contributed by atoms with Crippen molar-refractivity contribution in [2.75, 3.05) is 14.1 Å². The first-order valence-electron chi connectivity index (χ1n) is 4.78. The van der Waals surface area contributed by atoms with Gasteiger partial charge in [-0.25, -0.2) is 12.7 Å². The lowest BCUT2D eigenvalue weighted by Crippen LogP contribution is -2.22. The number of tetrazole rings is 1. The standard InChI is InChI=1S/C9H11N5O2S/c1-14(2)17(15,16)8-5-3-4-7(6-8)9-10-12-13-11-9/h3-6H,1-2H3,(H,10,11,12,13). The Bertz CT molecular complexity index is 606. The molecule has 0 spiro atoms. The molecular weight excluding hydrogens is 242 g/mol. The van der Waals surface area contributed by atoms with Crippen LogP contribution in [0.4, 0.5) is 0 Å². The molecule has 1 aromatic carbocycles. The molecular formula is C9H11N5O2S. The van der Waals surface area contributed by atoms with Gasteiger partial charge in [0, 0.05) is 19.7 Å². The minimum Gasteiger partial charge on any atom is -0.207 e. The fourth-order valence-corrected chi connectivity index (χ4v) is 2.24. The average Bonchev–Trinajstić information content (AvgIpc) is 2.82. The quantitative estimate of drug-likeness (QED) is 0.838. The van der Waals surface area contributed by atoms with Gasteiger partial charge in [-0.2, -0.15) is 5.21 Å². The molecule has 0 saturated carbocycles. The molecule has 90 valence electrons. The number of nitrogens with one attached hydrogen (secondary N) is 1. The predicted octanol–water partition coefficient (Wildman–Crippen LogP) is 0.117. The summed E-state index contributed by atoms with van der Waals surface area (Å²) in [6.07, 6.45) is 0. The third-order valence-electron chi connectivity index (χ3n) is 2.22. The van der Waals surface area contributed by atoms with Crippen molar-refractivity contribution in [1.29, 1.82) is 0 Å². The molecule has 1 N–H and O–H groups in total. The van der Waals surface area contributed by atoms with Gasteiger partial charge < -0.3 is 0 Å². The molecule has 0 aliphatic heterocycles. The van der Waals surface area contributed by atoms with Crippen molar-refractivity contribution in [3.05, 3.63) is 24.3 Å². The monoisotopic (exact) mass is 253 g/mol. The molecule has 2 aromatic rings. The van der Waals surface area contributed by atoms with Crippen LogP contribution in [0.25, 0.3) is 11.4 Å². The number of nitrogens with zero attached hydrogens (tertiary/aromatic N) is 4. The summed E-state index contributed by atoms with van der Waals surface area (Å²) in [4.78, 5) is 0.199. The lowest BCUT2D eigenvalue weighted by Gasteiger charge is -2.11. The Kier molecular flexibility index (Phi) is 2.90. The molecule has 7 nitrogen and oxygen atoms in total. The van der Waals surface area contributed by atoms with Crippen molar-refractivity contribution in [2.24, 2.45) is 0 Å². The zero-order chi connectivity index (χ0) is 12.5.